The molecule has 1 aliphatic heterocycles. The number of phenols is 1. The van der Waals surface area contributed by atoms with Crippen LogP contribution in [0.15, 0.2) is 52.5 Å². The number of rotatable bonds is 4. The predicted molar refractivity (Wildman–Crippen MR) is 145 cm³/mol. The molecule has 0 aromatic heterocycles. The molecule has 4 aliphatic carbocycles. The Morgan fingerprint density at radius 2 is 1.79 bits per heavy atom. The molecule has 8 heteroatoms. The van der Waals surface area contributed by atoms with Gasteiger partial charge < -0.3 is 21.1 Å². The van der Waals surface area contributed by atoms with Gasteiger partial charge in [-0.25, -0.2) is 0 Å². The summed E-state index contributed by atoms with van der Waals surface area (Å²) in [5.41, 5.74) is 9.30. The molecule has 204 valence electrons. The first-order valence-corrected chi connectivity index (χ1v) is 13.9. The summed E-state index contributed by atoms with van der Waals surface area (Å²) in [6.07, 6.45) is 8.51. The van der Waals surface area contributed by atoms with Gasteiger partial charge in [0.2, 0.25) is 0 Å². The predicted octanol–water partition coefficient (Wildman–Crippen LogP) is 3.91. The van der Waals surface area contributed by atoms with Crippen molar-refractivity contribution in [1.29, 1.82) is 0 Å². The number of carbonyl (C=O) groups excluding carboxylic acids is 3. The van der Waals surface area contributed by atoms with Crippen LogP contribution in [-0.2, 0) is 16.0 Å². The van der Waals surface area contributed by atoms with Gasteiger partial charge in [0.05, 0.1) is 11.5 Å². The maximum Gasteiger partial charge on any atom is 0.255 e. The summed E-state index contributed by atoms with van der Waals surface area (Å²) in [7, 11) is 0. The molecule has 0 radical (unpaired) electrons. The quantitative estimate of drug-likeness (QED) is 0.433. The Morgan fingerprint density at radius 3 is 2.49 bits per heavy atom. The number of Topliss-reactive ketones (excluding diaryl/α,β-unsaturated/α-hetero) is 2. The van der Waals surface area contributed by atoms with Crippen LogP contribution >= 0.6 is 0 Å². The monoisotopic (exact) mass is 530 g/mol. The first kappa shape index (κ1) is 25.6. The van der Waals surface area contributed by atoms with E-state index in [2.05, 4.69) is 24.0 Å². The molecule has 1 amide bonds. The first-order valence-electron chi connectivity index (χ1n) is 13.9. The molecule has 1 saturated heterocycles. The van der Waals surface area contributed by atoms with Crippen molar-refractivity contribution in [1.82, 2.24) is 4.90 Å². The molecule has 1 fully saturated rings. The van der Waals surface area contributed by atoms with Crippen molar-refractivity contribution < 1.29 is 29.7 Å². The number of hydrogen-bond donors (Lipinski definition) is 4. The Balaban J connectivity index is 1.37. The number of hydrogen-bond acceptors (Lipinski definition) is 7. The van der Waals surface area contributed by atoms with Crippen molar-refractivity contribution in [3.8, 4) is 5.75 Å². The number of likely N-dealkylation sites (tertiary alicyclic amines) is 1. The van der Waals surface area contributed by atoms with E-state index in [1.165, 1.54) is 24.5 Å². The fourth-order valence-corrected chi connectivity index (χ4v) is 7.45. The van der Waals surface area contributed by atoms with Crippen molar-refractivity contribution >= 4 is 23.0 Å². The van der Waals surface area contributed by atoms with Crippen molar-refractivity contribution in [3.63, 3.8) is 0 Å². The zero-order chi connectivity index (χ0) is 27.6. The number of carbonyl (C=O) groups is 3. The summed E-state index contributed by atoms with van der Waals surface area (Å²) in [6, 6.07) is 3.40. The van der Waals surface area contributed by atoms with E-state index < -0.39 is 34.9 Å². The Labute approximate surface area is 227 Å². The van der Waals surface area contributed by atoms with Crippen LogP contribution in [0.4, 0.5) is 0 Å². The second-order valence-corrected chi connectivity index (χ2v) is 11.8. The number of nitrogens with two attached hydrogens (primary N) is 1. The van der Waals surface area contributed by atoms with Crippen LogP contribution in [0.5, 0.6) is 5.75 Å². The van der Waals surface area contributed by atoms with E-state index in [0.717, 1.165) is 42.8 Å². The zero-order valence-electron chi connectivity index (χ0n) is 22.1. The van der Waals surface area contributed by atoms with E-state index in [1.807, 2.05) is 6.07 Å². The third-order valence-electron chi connectivity index (χ3n) is 9.38. The molecule has 6 rings (SSSR count). The van der Waals surface area contributed by atoms with Crippen LogP contribution in [-0.4, -0.2) is 57.3 Å². The van der Waals surface area contributed by atoms with Gasteiger partial charge in [0.1, 0.15) is 22.8 Å². The van der Waals surface area contributed by atoms with Crippen LogP contribution in [0.3, 0.4) is 0 Å². The Kier molecular flexibility index (Phi) is 6.25. The van der Waals surface area contributed by atoms with E-state index >= 15 is 0 Å². The van der Waals surface area contributed by atoms with E-state index in [1.54, 1.807) is 0 Å². The van der Waals surface area contributed by atoms with Gasteiger partial charge in [-0.3, -0.25) is 19.3 Å². The number of phenolic OH excluding ortho intramolecular Hbond substituents is 1. The lowest BCUT2D eigenvalue weighted by molar-refractivity contribution is -0.126. The number of fused-ring (bicyclic) bond motifs is 3. The maximum atomic E-state index is 13.8. The number of amides is 1. The van der Waals surface area contributed by atoms with E-state index in [-0.39, 0.29) is 40.7 Å². The van der Waals surface area contributed by atoms with Gasteiger partial charge in [-0.2, -0.15) is 0 Å². The summed E-state index contributed by atoms with van der Waals surface area (Å²) < 4.78 is 0. The molecule has 0 bridgehead atoms. The fourth-order valence-electron chi connectivity index (χ4n) is 7.45. The number of aromatic hydroxyl groups is 1. The molecule has 1 aromatic carbocycles. The number of benzene rings is 1. The minimum absolute atomic E-state index is 0.0315. The highest BCUT2D eigenvalue weighted by Gasteiger charge is 2.50. The van der Waals surface area contributed by atoms with Crippen molar-refractivity contribution in [2.24, 2.45) is 29.4 Å². The molecule has 1 heterocycles. The fraction of sp³-hybridized carbons (Fsp3) is 0.452. The molecule has 4 unspecified atom stereocenters. The highest BCUT2D eigenvalue weighted by atomic mass is 16.3. The maximum absolute atomic E-state index is 13.8. The third-order valence-corrected chi connectivity index (χ3v) is 9.38. The van der Waals surface area contributed by atoms with Crippen LogP contribution in [0, 0.1) is 23.7 Å². The van der Waals surface area contributed by atoms with E-state index in [9.17, 15) is 29.7 Å². The lowest BCUT2D eigenvalue weighted by atomic mass is 9.62. The minimum atomic E-state index is -1.11. The second kappa shape index (κ2) is 9.52. The third kappa shape index (κ3) is 4.13. The molecule has 39 heavy (non-hydrogen) atoms. The molecule has 4 atom stereocenters. The number of nitrogens with zero attached hydrogens (tertiary/aromatic N) is 1. The van der Waals surface area contributed by atoms with Crippen LogP contribution in [0.25, 0.3) is 5.57 Å². The summed E-state index contributed by atoms with van der Waals surface area (Å²) in [6.45, 7) is 5.49. The average Bonchev–Trinajstić information content (AvgIpc) is 3.38. The van der Waals surface area contributed by atoms with Gasteiger partial charge in [0, 0.05) is 18.5 Å². The van der Waals surface area contributed by atoms with E-state index in [0.29, 0.717) is 18.8 Å². The molecular formula is C31H34N2O6. The Bertz CT molecular complexity index is 1420. The standard InChI is InChI=1S/C31H34N2O6/c1-15-10-16(4-5-17(15)14-33-8-2-3-9-33)20-6-7-22(34)26-21(20)12-18-11-19-13-23(35)27(31(32)39)30(38)25(19)28(36)24(18)29(26)37/h4-7,15,18-19,25,34-36H,2-3,8-14H2,1H3,(H2,32,39). The normalized spacial score (nSPS) is 29.1. The molecule has 1 aromatic rings. The highest BCUT2D eigenvalue weighted by molar-refractivity contribution is 6.22. The smallest absolute Gasteiger partial charge is 0.255 e. The Morgan fingerprint density at radius 1 is 1.05 bits per heavy atom. The molecule has 8 nitrogen and oxygen atoms in total. The summed E-state index contributed by atoms with van der Waals surface area (Å²) in [4.78, 5) is 41.2. The second-order valence-electron chi connectivity index (χ2n) is 11.8. The molecule has 5 N–H and O–H groups in total. The Hall–Kier alpha value is -3.65. The first-order chi connectivity index (χ1) is 18.7. The van der Waals surface area contributed by atoms with Gasteiger partial charge >= 0.3 is 0 Å². The SMILES string of the molecule is CC1CC(c2ccc(O)c3c2CC2CC4CC(O)=C(C(N)=O)C(=O)C4C(O)=C2C3=O)=CC=C1CN1CCCC1. The lowest BCUT2D eigenvalue weighted by Gasteiger charge is -2.41. The molecular weight excluding hydrogens is 496 g/mol. The van der Waals surface area contributed by atoms with Gasteiger partial charge in [0.25, 0.3) is 5.91 Å². The molecule has 0 saturated carbocycles. The van der Waals surface area contributed by atoms with Crippen LogP contribution in [0.2, 0.25) is 0 Å². The number of primary amides is 1. The lowest BCUT2D eigenvalue weighted by Crippen LogP contribution is -2.43. The van der Waals surface area contributed by atoms with Gasteiger partial charge in [-0.05, 0) is 85.7 Å². The topological polar surface area (TPSA) is 141 Å². The minimum Gasteiger partial charge on any atom is -0.511 e. The van der Waals surface area contributed by atoms with Gasteiger partial charge in [-0.15, -0.1) is 0 Å². The van der Waals surface area contributed by atoms with Crippen LogP contribution in [0.1, 0.15) is 60.5 Å². The average molecular weight is 531 g/mol. The van der Waals surface area contributed by atoms with E-state index in [4.69, 9.17) is 5.73 Å². The zero-order valence-corrected chi connectivity index (χ0v) is 22.1. The van der Waals surface area contributed by atoms with Gasteiger partial charge in [-0.1, -0.05) is 30.7 Å². The van der Waals surface area contributed by atoms with Crippen LogP contribution < -0.4 is 5.73 Å². The van der Waals surface area contributed by atoms with Crippen molar-refractivity contribution in [3.05, 3.63) is 69.2 Å². The number of aliphatic hydroxyl groups excluding tert-OH is 2. The number of ketones is 2. The summed E-state index contributed by atoms with van der Waals surface area (Å²) in [5.74, 6) is -4.74. The van der Waals surface area contributed by atoms with Crippen molar-refractivity contribution in [2.75, 3.05) is 19.6 Å². The summed E-state index contributed by atoms with van der Waals surface area (Å²) in [5, 5.41) is 32.4. The number of allylic oxidation sites excluding steroid dienone is 6. The van der Waals surface area contributed by atoms with Crippen molar-refractivity contribution in [2.45, 2.75) is 45.4 Å². The number of aliphatic hydroxyl groups is 2. The summed E-state index contributed by atoms with van der Waals surface area (Å²) >= 11 is 0. The van der Waals surface area contributed by atoms with Gasteiger partial charge in [0.15, 0.2) is 11.6 Å². The molecule has 0 spiro atoms. The highest BCUT2D eigenvalue weighted by Crippen LogP contribution is 2.50. The largest absolute Gasteiger partial charge is 0.511 e. The molecule has 5 aliphatic rings.